The first-order chi connectivity index (χ1) is 10.7. The molecule has 6 nitrogen and oxygen atoms in total. The molecule has 118 valence electrons. The lowest BCUT2D eigenvalue weighted by atomic mass is 10.1. The zero-order valence-corrected chi connectivity index (χ0v) is 12.4. The maximum absolute atomic E-state index is 11.8. The van der Waals surface area contributed by atoms with Crippen LogP contribution in [0.2, 0.25) is 0 Å². The summed E-state index contributed by atoms with van der Waals surface area (Å²) in [5.74, 6) is -0.0986. The third kappa shape index (κ3) is 4.96. The van der Waals surface area contributed by atoms with Crippen molar-refractivity contribution in [3.05, 3.63) is 29.8 Å². The van der Waals surface area contributed by atoms with Gasteiger partial charge in [-0.25, -0.2) is 0 Å². The molecule has 1 aromatic carbocycles. The van der Waals surface area contributed by atoms with Gasteiger partial charge in [-0.05, 0) is 30.5 Å². The highest BCUT2D eigenvalue weighted by molar-refractivity contribution is 5.91. The number of carbonyl (C=O) groups is 3. The Hall–Kier alpha value is -2.21. The molecular formula is C16H20N2O4. The summed E-state index contributed by atoms with van der Waals surface area (Å²) < 4.78 is 4.82. The van der Waals surface area contributed by atoms with E-state index >= 15 is 0 Å². The molecule has 1 aromatic rings. The number of amides is 2. The van der Waals surface area contributed by atoms with Gasteiger partial charge in [0.05, 0.1) is 0 Å². The molecule has 1 N–H and O–H groups in total. The molecule has 0 saturated carbocycles. The lowest BCUT2D eigenvalue weighted by Gasteiger charge is -2.30. The fourth-order valence-corrected chi connectivity index (χ4v) is 2.13. The number of aryl methyl sites for hydroxylation is 1. The molecule has 1 aliphatic heterocycles. The normalized spacial score (nSPS) is 13.4. The minimum absolute atomic E-state index is 0.0859. The molecule has 2 rings (SSSR count). The highest BCUT2D eigenvalue weighted by Gasteiger charge is 2.19. The number of nitrogens with one attached hydrogen (secondary N) is 1. The van der Waals surface area contributed by atoms with Gasteiger partial charge in [0.15, 0.2) is 0 Å². The number of likely N-dealkylation sites (tertiary alicyclic amines) is 1. The molecule has 2 amide bonds. The molecule has 6 heteroatoms. The van der Waals surface area contributed by atoms with Gasteiger partial charge >= 0.3 is 0 Å². The zero-order chi connectivity index (χ0) is 15.8. The summed E-state index contributed by atoms with van der Waals surface area (Å²) in [6.45, 7) is 1.54. The molecule has 1 heterocycles. The van der Waals surface area contributed by atoms with Crippen LogP contribution in [-0.2, 0) is 25.5 Å². The van der Waals surface area contributed by atoms with Crippen molar-refractivity contribution < 1.29 is 19.1 Å². The van der Waals surface area contributed by atoms with E-state index in [1.54, 1.807) is 12.1 Å². The Balaban J connectivity index is 1.73. The monoisotopic (exact) mass is 304 g/mol. The Kier molecular flexibility index (Phi) is 6.09. The van der Waals surface area contributed by atoms with Crippen molar-refractivity contribution in [2.45, 2.75) is 19.3 Å². The second-order valence-corrected chi connectivity index (χ2v) is 5.16. The lowest BCUT2D eigenvalue weighted by molar-refractivity contribution is -0.134. The quantitative estimate of drug-likeness (QED) is 0.574. The van der Waals surface area contributed by atoms with Gasteiger partial charge < -0.3 is 19.7 Å². The summed E-state index contributed by atoms with van der Waals surface area (Å²) in [5.41, 5.74) is 1.72. The van der Waals surface area contributed by atoms with E-state index in [9.17, 15) is 14.4 Å². The van der Waals surface area contributed by atoms with Crippen LogP contribution in [0, 0.1) is 0 Å². The number of benzene rings is 1. The standard InChI is InChI=1S/C16H20N2O4/c19-10-11-22-12-15(20)17-14-5-2-13(3-6-14)4-7-16(21)18-8-1-9-18/h2-3,5-6,10H,1,4,7-9,11-12H2,(H,17,20). The molecule has 0 bridgehead atoms. The smallest absolute Gasteiger partial charge is 0.250 e. The molecule has 0 unspecified atom stereocenters. The van der Waals surface area contributed by atoms with Crippen molar-refractivity contribution in [1.82, 2.24) is 4.90 Å². The average molecular weight is 304 g/mol. The van der Waals surface area contributed by atoms with Gasteiger partial charge in [-0.3, -0.25) is 9.59 Å². The molecule has 0 atom stereocenters. The zero-order valence-electron chi connectivity index (χ0n) is 12.4. The molecule has 0 aliphatic carbocycles. The van der Waals surface area contributed by atoms with Crippen molar-refractivity contribution in [2.75, 3.05) is 31.6 Å². The van der Waals surface area contributed by atoms with Gasteiger partial charge in [0.1, 0.15) is 19.5 Å². The van der Waals surface area contributed by atoms with Crippen LogP contribution in [0.1, 0.15) is 18.4 Å². The van der Waals surface area contributed by atoms with Crippen molar-refractivity contribution in [3.8, 4) is 0 Å². The van der Waals surface area contributed by atoms with Gasteiger partial charge in [0.2, 0.25) is 11.8 Å². The van der Waals surface area contributed by atoms with Crippen molar-refractivity contribution in [3.63, 3.8) is 0 Å². The maximum atomic E-state index is 11.8. The Bertz CT molecular complexity index is 523. The number of anilines is 1. The Labute approximate surface area is 129 Å². The number of hydrogen-bond acceptors (Lipinski definition) is 4. The first-order valence-corrected chi connectivity index (χ1v) is 7.37. The molecule has 1 fully saturated rings. The van der Waals surface area contributed by atoms with Gasteiger partial charge in [-0.15, -0.1) is 0 Å². The largest absolute Gasteiger partial charge is 0.364 e. The molecule has 1 saturated heterocycles. The van der Waals surface area contributed by atoms with Crippen LogP contribution in [0.4, 0.5) is 5.69 Å². The lowest BCUT2D eigenvalue weighted by Crippen LogP contribution is -2.42. The predicted molar refractivity (Wildman–Crippen MR) is 81.5 cm³/mol. The van der Waals surface area contributed by atoms with Gasteiger partial charge in [0, 0.05) is 25.2 Å². The SMILES string of the molecule is O=CCOCC(=O)Nc1ccc(CCC(=O)N2CCC2)cc1. The second-order valence-electron chi connectivity index (χ2n) is 5.16. The topological polar surface area (TPSA) is 75.7 Å². The van der Waals surface area contributed by atoms with Gasteiger partial charge in [0.25, 0.3) is 0 Å². The summed E-state index contributed by atoms with van der Waals surface area (Å²) in [6, 6.07) is 7.37. The van der Waals surface area contributed by atoms with E-state index in [2.05, 4.69) is 5.32 Å². The third-order valence-electron chi connectivity index (χ3n) is 3.49. The number of rotatable bonds is 8. The molecule has 1 aliphatic rings. The first kappa shape index (κ1) is 16.2. The molecule has 22 heavy (non-hydrogen) atoms. The van der Waals surface area contributed by atoms with E-state index in [1.807, 2.05) is 17.0 Å². The van der Waals surface area contributed by atoms with Crippen LogP contribution in [0.15, 0.2) is 24.3 Å². The number of carbonyl (C=O) groups excluding carboxylic acids is 3. The number of ether oxygens (including phenoxy) is 1. The summed E-state index contributed by atoms with van der Waals surface area (Å²) in [5, 5.41) is 2.67. The average Bonchev–Trinajstić information content (AvgIpc) is 2.45. The third-order valence-corrected chi connectivity index (χ3v) is 3.49. The van der Waals surface area contributed by atoms with E-state index in [0.29, 0.717) is 24.8 Å². The van der Waals surface area contributed by atoms with Gasteiger partial charge in [-0.2, -0.15) is 0 Å². The van der Waals surface area contributed by atoms with E-state index < -0.39 is 0 Å². The van der Waals surface area contributed by atoms with Crippen molar-refractivity contribution >= 4 is 23.8 Å². The predicted octanol–water partition coefficient (Wildman–Crippen LogP) is 1.01. The Morgan fingerprint density at radius 2 is 1.95 bits per heavy atom. The maximum Gasteiger partial charge on any atom is 0.250 e. The van der Waals surface area contributed by atoms with Gasteiger partial charge in [-0.1, -0.05) is 12.1 Å². The van der Waals surface area contributed by atoms with Crippen LogP contribution >= 0.6 is 0 Å². The van der Waals surface area contributed by atoms with E-state index in [1.165, 1.54) is 0 Å². The van der Waals surface area contributed by atoms with Crippen molar-refractivity contribution in [2.24, 2.45) is 0 Å². The van der Waals surface area contributed by atoms with E-state index in [-0.39, 0.29) is 25.0 Å². The summed E-state index contributed by atoms with van der Waals surface area (Å²) in [4.78, 5) is 35.2. The molecular weight excluding hydrogens is 284 g/mol. The summed E-state index contributed by atoms with van der Waals surface area (Å²) in [6.07, 6.45) is 2.93. The summed E-state index contributed by atoms with van der Waals surface area (Å²) >= 11 is 0. The van der Waals surface area contributed by atoms with Crippen LogP contribution in [0.5, 0.6) is 0 Å². The Morgan fingerprint density at radius 1 is 1.23 bits per heavy atom. The van der Waals surface area contributed by atoms with Crippen LogP contribution in [0.25, 0.3) is 0 Å². The minimum atomic E-state index is -0.303. The first-order valence-electron chi connectivity index (χ1n) is 7.37. The minimum Gasteiger partial charge on any atom is -0.364 e. The Morgan fingerprint density at radius 3 is 2.55 bits per heavy atom. The summed E-state index contributed by atoms with van der Waals surface area (Å²) in [7, 11) is 0. The highest BCUT2D eigenvalue weighted by atomic mass is 16.5. The van der Waals surface area contributed by atoms with Crippen LogP contribution in [0.3, 0.4) is 0 Å². The number of nitrogens with zero attached hydrogens (tertiary/aromatic N) is 1. The van der Waals surface area contributed by atoms with E-state index in [4.69, 9.17) is 4.74 Å². The fourth-order valence-electron chi connectivity index (χ4n) is 2.13. The highest BCUT2D eigenvalue weighted by Crippen LogP contribution is 2.13. The van der Waals surface area contributed by atoms with Crippen molar-refractivity contribution in [1.29, 1.82) is 0 Å². The van der Waals surface area contributed by atoms with Crippen LogP contribution < -0.4 is 5.32 Å². The molecule has 0 aromatic heterocycles. The molecule has 0 radical (unpaired) electrons. The number of aldehydes is 1. The van der Waals surface area contributed by atoms with E-state index in [0.717, 1.165) is 25.1 Å². The second kappa shape index (κ2) is 8.29. The molecule has 0 spiro atoms. The fraction of sp³-hybridized carbons (Fsp3) is 0.438. The number of hydrogen-bond donors (Lipinski definition) is 1. The van der Waals surface area contributed by atoms with Crippen LogP contribution in [-0.4, -0.2) is 49.3 Å².